The lowest BCUT2D eigenvalue weighted by Crippen LogP contribution is -2.00. The Morgan fingerprint density at radius 3 is 2.63 bits per heavy atom. The fourth-order valence-corrected chi connectivity index (χ4v) is 2.27. The molecule has 0 aliphatic heterocycles. The van der Waals surface area contributed by atoms with E-state index in [1.807, 2.05) is 24.5 Å². The van der Waals surface area contributed by atoms with Crippen LogP contribution in [0.25, 0.3) is 0 Å². The minimum absolute atomic E-state index is 0.0836. The summed E-state index contributed by atoms with van der Waals surface area (Å²) in [6, 6.07) is 11.9. The highest BCUT2D eigenvalue weighted by atomic mass is 35.5. The lowest BCUT2D eigenvalue weighted by atomic mass is 10.2. The van der Waals surface area contributed by atoms with E-state index >= 15 is 0 Å². The molecule has 3 nitrogen and oxygen atoms in total. The minimum Gasteiger partial charge on any atom is -0.478 e. The number of ether oxygens (including phenoxy) is 1. The maximum Gasteiger partial charge on any atom is 0.339 e. The molecule has 0 aliphatic rings. The van der Waals surface area contributed by atoms with Gasteiger partial charge in [0.25, 0.3) is 0 Å². The number of carboxylic acids is 1. The third-order valence-electron chi connectivity index (χ3n) is 2.46. The Labute approximate surface area is 120 Å². The molecule has 0 amide bonds. The molecule has 0 saturated carbocycles. The first-order valence-electron chi connectivity index (χ1n) is 5.45. The number of carbonyl (C=O) groups is 1. The van der Waals surface area contributed by atoms with Crippen molar-refractivity contribution in [2.24, 2.45) is 0 Å². The van der Waals surface area contributed by atoms with E-state index in [0.29, 0.717) is 10.8 Å². The Hall–Kier alpha value is -1.65. The standard InChI is InChI=1S/C14H11ClO3S/c1-19-13-5-3-2-4-11(13)18-12-8-9(15)6-7-10(12)14(16)17/h2-8H,1H3,(H,16,17). The van der Waals surface area contributed by atoms with Crippen LogP contribution >= 0.6 is 23.4 Å². The van der Waals surface area contributed by atoms with Crippen molar-refractivity contribution < 1.29 is 14.6 Å². The average molecular weight is 295 g/mol. The number of aromatic carboxylic acids is 1. The van der Waals surface area contributed by atoms with E-state index in [-0.39, 0.29) is 11.3 Å². The van der Waals surface area contributed by atoms with Gasteiger partial charge in [-0.1, -0.05) is 23.7 Å². The molecule has 0 saturated heterocycles. The maximum absolute atomic E-state index is 11.1. The van der Waals surface area contributed by atoms with Gasteiger partial charge in [0.05, 0.1) is 0 Å². The highest BCUT2D eigenvalue weighted by Crippen LogP contribution is 2.34. The van der Waals surface area contributed by atoms with Gasteiger partial charge in [-0.15, -0.1) is 11.8 Å². The zero-order chi connectivity index (χ0) is 13.8. The molecule has 0 spiro atoms. The fraction of sp³-hybridized carbons (Fsp3) is 0.0714. The number of thioether (sulfide) groups is 1. The van der Waals surface area contributed by atoms with Crippen molar-refractivity contribution in [3.05, 3.63) is 53.1 Å². The second-order valence-electron chi connectivity index (χ2n) is 3.70. The molecule has 0 fully saturated rings. The van der Waals surface area contributed by atoms with Crippen molar-refractivity contribution in [1.82, 2.24) is 0 Å². The van der Waals surface area contributed by atoms with Gasteiger partial charge in [-0.2, -0.15) is 0 Å². The van der Waals surface area contributed by atoms with Crippen LogP contribution in [0.1, 0.15) is 10.4 Å². The minimum atomic E-state index is -1.05. The molecule has 0 heterocycles. The summed E-state index contributed by atoms with van der Waals surface area (Å²) in [5.41, 5.74) is 0.0836. The summed E-state index contributed by atoms with van der Waals surface area (Å²) in [6.07, 6.45) is 1.93. The summed E-state index contributed by atoms with van der Waals surface area (Å²) in [6.45, 7) is 0. The fourth-order valence-electron chi connectivity index (χ4n) is 1.58. The Balaban J connectivity index is 2.42. The van der Waals surface area contributed by atoms with Gasteiger partial charge in [0, 0.05) is 16.0 Å². The molecule has 2 aromatic rings. The van der Waals surface area contributed by atoms with Crippen LogP contribution < -0.4 is 4.74 Å². The lowest BCUT2D eigenvalue weighted by molar-refractivity contribution is 0.0694. The van der Waals surface area contributed by atoms with Crippen molar-refractivity contribution >= 4 is 29.3 Å². The van der Waals surface area contributed by atoms with Crippen LogP contribution in [0.3, 0.4) is 0 Å². The van der Waals surface area contributed by atoms with Gasteiger partial charge in [0.15, 0.2) is 0 Å². The van der Waals surface area contributed by atoms with Gasteiger partial charge < -0.3 is 9.84 Å². The van der Waals surface area contributed by atoms with E-state index in [1.165, 1.54) is 30.0 Å². The Kier molecular flexibility index (Phi) is 4.35. The third-order valence-corrected chi connectivity index (χ3v) is 3.48. The Bertz CT molecular complexity index is 613. The highest BCUT2D eigenvalue weighted by molar-refractivity contribution is 7.98. The van der Waals surface area contributed by atoms with Crippen LogP contribution in [0.2, 0.25) is 5.02 Å². The second kappa shape index (κ2) is 5.99. The largest absolute Gasteiger partial charge is 0.478 e. The van der Waals surface area contributed by atoms with E-state index in [1.54, 1.807) is 6.07 Å². The van der Waals surface area contributed by atoms with Crippen LogP contribution in [-0.4, -0.2) is 17.3 Å². The van der Waals surface area contributed by atoms with E-state index < -0.39 is 5.97 Å². The van der Waals surface area contributed by atoms with Crippen LogP contribution in [0.5, 0.6) is 11.5 Å². The molecule has 0 radical (unpaired) electrons. The SMILES string of the molecule is CSc1ccccc1Oc1cc(Cl)ccc1C(=O)O. The normalized spacial score (nSPS) is 10.2. The quantitative estimate of drug-likeness (QED) is 0.840. The van der Waals surface area contributed by atoms with E-state index in [0.717, 1.165) is 4.90 Å². The van der Waals surface area contributed by atoms with Crippen molar-refractivity contribution in [3.8, 4) is 11.5 Å². The van der Waals surface area contributed by atoms with Crippen LogP contribution in [0, 0.1) is 0 Å². The van der Waals surface area contributed by atoms with E-state index in [9.17, 15) is 4.79 Å². The van der Waals surface area contributed by atoms with Gasteiger partial charge in [-0.3, -0.25) is 0 Å². The lowest BCUT2D eigenvalue weighted by Gasteiger charge is -2.11. The highest BCUT2D eigenvalue weighted by Gasteiger charge is 2.13. The van der Waals surface area contributed by atoms with Gasteiger partial charge in [-0.05, 0) is 30.5 Å². The molecular formula is C14H11ClO3S. The molecule has 2 rings (SSSR count). The number of hydrogen-bond acceptors (Lipinski definition) is 3. The van der Waals surface area contributed by atoms with Gasteiger partial charge in [0.2, 0.25) is 0 Å². The maximum atomic E-state index is 11.1. The van der Waals surface area contributed by atoms with E-state index in [4.69, 9.17) is 21.4 Å². The summed E-state index contributed by atoms with van der Waals surface area (Å²) in [4.78, 5) is 12.1. The molecule has 19 heavy (non-hydrogen) atoms. The predicted molar refractivity (Wildman–Crippen MR) is 76.7 cm³/mol. The molecular weight excluding hydrogens is 284 g/mol. The Morgan fingerprint density at radius 2 is 1.95 bits per heavy atom. The Morgan fingerprint density at radius 1 is 1.21 bits per heavy atom. The smallest absolute Gasteiger partial charge is 0.339 e. The number of para-hydroxylation sites is 1. The molecule has 1 N–H and O–H groups in total. The topological polar surface area (TPSA) is 46.5 Å². The number of halogens is 1. The van der Waals surface area contributed by atoms with E-state index in [2.05, 4.69) is 0 Å². The second-order valence-corrected chi connectivity index (χ2v) is 4.98. The average Bonchev–Trinajstić information content (AvgIpc) is 2.39. The number of rotatable bonds is 4. The van der Waals surface area contributed by atoms with Crippen LogP contribution in [-0.2, 0) is 0 Å². The first-order valence-corrected chi connectivity index (χ1v) is 7.06. The molecule has 0 bridgehead atoms. The summed E-state index contributed by atoms with van der Waals surface area (Å²) >= 11 is 7.41. The molecule has 2 aromatic carbocycles. The third kappa shape index (κ3) is 3.22. The number of hydrogen-bond donors (Lipinski definition) is 1. The first-order chi connectivity index (χ1) is 9.11. The number of benzene rings is 2. The first kappa shape index (κ1) is 13.8. The van der Waals surface area contributed by atoms with Crippen molar-refractivity contribution in [1.29, 1.82) is 0 Å². The molecule has 98 valence electrons. The summed E-state index contributed by atoms with van der Waals surface area (Å²) in [5.74, 6) is -0.199. The van der Waals surface area contributed by atoms with Crippen LogP contribution in [0.4, 0.5) is 0 Å². The molecule has 0 atom stereocenters. The zero-order valence-electron chi connectivity index (χ0n) is 10.1. The predicted octanol–water partition coefficient (Wildman–Crippen LogP) is 4.55. The molecule has 0 unspecified atom stereocenters. The van der Waals surface area contributed by atoms with Gasteiger partial charge in [0.1, 0.15) is 17.1 Å². The summed E-state index contributed by atoms with van der Waals surface area (Å²) in [5, 5.41) is 9.56. The van der Waals surface area contributed by atoms with Crippen LogP contribution in [0.15, 0.2) is 47.4 Å². The summed E-state index contributed by atoms with van der Waals surface area (Å²) in [7, 11) is 0. The molecule has 0 aromatic heterocycles. The monoisotopic (exact) mass is 294 g/mol. The van der Waals surface area contributed by atoms with Crippen molar-refractivity contribution in [2.75, 3.05) is 6.26 Å². The summed E-state index contributed by atoms with van der Waals surface area (Å²) < 4.78 is 5.69. The molecule has 5 heteroatoms. The van der Waals surface area contributed by atoms with Crippen molar-refractivity contribution in [3.63, 3.8) is 0 Å². The van der Waals surface area contributed by atoms with Gasteiger partial charge in [-0.25, -0.2) is 4.79 Å². The van der Waals surface area contributed by atoms with Gasteiger partial charge >= 0.3 is 5.97 Å². The van der Waals surface area contributed by atoms with Crippen molar-refractivity contribution in [2.45, 2.75) is 4.90 Å². The zero-order valence-corrected chi connectivity index (χ0v) is 11.7. The number of carboxylic acid groups (broad SMARTS) is 1. The molecule has 0 aliphatic carbocycles.